The number of likely N-dealkylation sites (N-methyl/N-ethyl adjacent to an activating group) is 1. The Hall–Kier alpha value is -2.48. The molecule has 2 fully saturated rings. The largest absolute Gasteiger partial charge is 0.390 e. The van der Waals surface area contributed by atoms with Crippen LogP contribution in [-0.4, -0.2) is 69.0 Å². The zero-order chi connectivity index (χ0) is 22.4. The lowest BCUT2D eigenvalue weighted by Crippen LogP contribution is -2.45. The van der Waals surface area contributed by atoms with Crippen LogP contribution in [0.2, 0.25) is 0 Å². The number of fused-ring (bicyclic) bond motifs is 4. The fourth-order valence-electron chi connectivity index (χ4n) is 6.24. The Labute approximate surface area is 195 Å². The van der Waals surface area contributed by atoms with Crippen LogP contribution in [0.3, 0.4) is 0 Å². The zero-order valence-electron chi connectivity index (χ0n) is 19.5. The Morgan fingerprint density at radius 3 is 2.76 bits per heavy atom. The fourth-order valence-corrected chi connectivity index (χ4v) is 6.24. The van der Waals surface area contributed by atoms with E-state index < -0.39 is 0 Å². The van der Waals surface area contributed by atoms with Gasteiger partial charge >= 0.3 is 0 Å². The minimum absolute atomic E-state index is 0.00196. The summed E-state index contributed by atoms with van der Waals surface area (Å²) in [5, 5.41) is 10.5. The molecule has 3 aromatic rings. The summed E-state index contributed by atoms with van der Waals surface area (Å²) in [6.07, 6.45) is 6.83. The molecule has 0 spiro atoms. The average Bonchev–Trinajstić information content (AvgIpc) is 3.21. The van der Waals surface area contributed by atoms with E-state index in [1.807, 2.05) is 6.20 Å². The Kier molecular flexibility index (Phi) is 5.56. The maximum Gasteiger partial charge on any atom is 0.138 e. The molecule has 1 aliphatic carbocycles. The van der Waals surface area contributed by atoms with Gasteiger partial charge in [0.2, 0.25) is 0 Å². The van der Waals surface area contributed by atoms with Gasteiger partial charge in [-0.05, 0) is 69.0 Å². The summed E-state index contributed by atoms with van der Waals surface area (Å²) in [4.78, 5) is 17.3. The van der Waals surface area contributed by atoms with Crippen molar-refractivity contribution < 1.29 is 5.11 Å². The number of hydrogen-bond donors (Lipinski definition) is 1. The number of aliphatic hydroxyl groups excluding tert-OH is 1. The number of hydrogen-bond acceptors (Lipinski definition) is 6. The van der Waals surface area contributed by atoms with Crippen LogP contribution in [-0.2, 0) is 19.6 Å². The molecule has 6 rings (SSSR count). The van der Waals surface area contributed by atoms with E-state index in [0.29, 0.717) is 12.0 Å². The van der Waals surface area contributed by atoms with E-state index in [1.165, 1.54) is 30.5 Å². The number of rotatable bonds is 4. The average molecular weight is 447 g/mol. The second-order valence-corrected chi connectivity index (χ2v) is 9.94. The summed E-state index contributed by atoms with van der Waals surface area (Å²) < 4.78 is 2.19. The van der Waals surface area contributed by atoms with Crippen molar-refractivity contribution in [2.24, 2.45) is 5.92 Å². The molecule has 33 heavy (non-hydrogen) atoms. The van der Waals surface area contributed by atoms with Gasteiger partial charge in [-0.2, -0.15) is 0 Å². The molecule has 0 saturated carbocycles. The Morgan fingerprint density at radius 2 is 1.91 bits per heavy atom. The van der Waals surface area contributed by atoms with Gasteiger partial charge in [-0.25, -0.2) is 4.98 Å². The van der Waals surface area contributed by atoms with Crippen LogP contribution in [0.15, 0.2) is 36.5 Å². The van der Waals surface area contributed by atoms with Gasteiger partial charge in [0.15, 0.2) is 0 Å². The lowest BCUT2D eigenvalue weighted by atomic mass is 9.77. The molecular weight excluding hydrogens is 412 g/mol. The minimum Gasteiger partial charge on any atom is -0.390 e. The van der Waals surface area contributed by atoms with Gasteiger partial charge in [-0.1, -0.05) is 12.1 Å². The molecule has 3 aromatic heterocycles. The fraction of sp³-hybridized carbons (Fsp3) is 0.538. The van der Waals surface area contributed by atoms with Crippen LogP contribution in [0.25, 0.3) is 5.65 Å². The highest BCUT2D eigenvalue weighted by molar-refractivity contribution is 5.55. The quantitative estimate of drug-likeness (QED) is 0.665. The smallest absolute Gasteiger partial charge is 0.138 e. The van der Waals surface area contributed by atoms with Crippen molar-refractivity contribution in [2.45, 2.75) is 44.9 Å². The lowest BCUT2D eigenvalue weighted by Gasteiger charge is -2.44. The highest BCUT2D eigenvalue weighted by Crippen LogP contribution is 2.43. The summed E-state index contributed by atoms with van der Waals surface area (Å²) in [7, 11) is 2.18. The predicted molar refractivity (Wildman–Crippen MR) is 129 cm³/mol. The maximum atomic E-state index is 10.5. The standard InChI is InChI=1S/C26H34N6O/c1-29-13-15-30(16-14-29)24-8-2-7-23-28-21(22(18-33)32(23)24)17-31-12-4-6-20-10-9-19-5-3-11-27-25(19)26(20)31/h2-3,5,7-8,11,20,26,33H,4,6,9-10,12-18H2,1H3/t20-,26-/m0/s1. The van der Waals surface area contributed by atoms with Gasteiger partial charge in [0.25, 0.3) is 0 Å². The van der Waals surface area contributed by atoms with Crippen LogP contribution in [0.4, 0.5) is 5.82 Å². The van der Waals surface area contributed by atoms with Crippen molar-refractivity contribution in [1.82, 2.24) is 24.2 Å². The number of aromatic nitrogens is 3. The molecule has 7 heteroatoms. The van der Waals surface area contributed by atoms with E-state index >= 15 is 0 Å². The van der Waals surface area contributed by atoms with E-state index in [4.69, 9.17) is 9.97 Å². The van der Waals surface area contributed by atoms with Crippen molar-refractivity contribution in [3.63, 3.8) is 0 Å². The number of anilines is 1. The molecule has 2 atom stereocenters. The van der Waals surface area contributed by atoms with Gasteiger partial charge < -0.3 is 14.9 Å². The normalized spacial score (nSPS) is 24.1. The van der Waals surface area contributed by atoms with Gasteiger partial charge in [0.1, 0.15) is 11.5 Å². The first kappa shape index (κ1) is 21.1. The van der Waals surface area contributed by atoms with Crippen molar-refractivity contribution >= 4 is 11.5 Å². The van der Waals surface area contributed by atoms with E-state index in [2.05, 4.69) is 56.5 Å². The van der Waals surface area contributed by atoms with E-state index in [9.17, 15) is 5.11 Å². The minimum atomic E-state index is -0.00196. The Bertz CT molecular complexity index is 1140. The summed E-state index contributed by atoms with van der Waals surface area (Å²) >= 11 is 0. The number of aliphatic hydroxyl groups is 1. The summed E-state index contributed by atoms with van der Waals surface area (Å²) in [5.41, 5.74) is 5.53. The van der Waals surface area contributed by atoms with Gasteiger partial charge in [-0.15, -0.1) is 0 Å². The molecule has 1 N–H and O–H groups in total. The van der Waals surface area contributed by atoms with Crippen molar-refractivity contribution in [3.8, 4) is 0 Å². The highest BCUT2D eigenvalue weighted by Gasteiger charge is 2.38. The lowest BCUT2D eigenvalue weighted by molar-refractivity contribution is 0.0680. The SMILES string of the molecule is CN1CCN(c2cccc3nc(CN4CCC[C@H]5CCc6cccnc6[C@H]54)c(CO)n23)CC1. The number of aryl methyl sites for hydroxylation is 1. The zero-order valence-corrected chi connectivity index (χ0v) is 19.5. The third-order valence-corrected chi connectivity index (χ3v) is 7.98. The van der Waals surface area contributed by atoms with Gasteiger partial charge in [0, 0.05) is 38.9 Å². The van der Waals surface area contributed by atoms with Crippen molar-refractivity contribution in [2.75, 3.05) is 44.7 Å². The topological polar surface area (TPSA) is 60.1 Å². The van der Waals surface area contributed by atoms with Crippen LogP contribution < -0.4 is 4.90 Å². The molecule has 3 aliphatic rings. The maximum absolute atomic E-state index is 10.5. The summed E-state index contributed by atoms with van der Waals surface area (Å²) in [6, 6.07) is 11.0. The molecule has 5 heterocycles. The van der Waals surface area contributed by atoms with E-state index in [1.54, 1.807) is 0 Å². The number of pyridine rings is 2. The molecule has 7 nitrogen and oxygen atoms in total. The number of piperidine rings is 1. The molecule has 0 amide bonds. The molecule has 0 aromatic carbocycles. The highest BCUT2D eigenvalue weighted by atomic mass is 16.3. The van der Waals surface area contributed by atoms with Crippen LogP contribution >= 0.6 is 0 Å². The Balaban J connectivity index is 1.36. The first-order chi connectivity index (χ1) is 16.2. The van der Waals surface area contributed by atoms with Gasteiger partial charge in [0.05, 0.1) is 29.7 Å². The van der Waals surface area contributed by atoms with Crippen LogP contribution in [0, 0.1) is 5.92 Å². The van der Waals surface area contributed by atoms with E-state index in [0.717, 1.165) is 68.5 Å². The van der Waals surface area contributed by atoms with E-state index in [-0.39, 0.29) is 6.61 Å². The second-order valence-electron chi connectivity index (χ2n) is 9.94. The van der Waals surface area contributed by atoms with Crippen molar-refractivity contribution in [1.29, 1.82) is 0 Å². The first-order valence-corrected chi connectivity index (χ1v) is 12.4. The third-order valence-electron chi connectivity index (χ3n) is 7.98. The monoisotopic (exact) mass is 446 g/mol. The van der Waals surface area contributed by atoms with Crippen LogP contribution in [0.5, 0.6) is 0 Å². The van der Waals surface area contributed by atoms with Gasteiger partial charge in [-0.3, -0.25) is 14.3 Å². The predicted octanol–water partition coefficient (Wildman–Crippen LogP) is 2.87. The summed E-state index contributed by atoms with van der Waals surface area (Å²) in [6.45, 7) is 5.90. The molecule has 2 aliphatic heterocycles. The number of likely N-dealkylation sites (tertiary alicyclic amines) is 1. The Morgan fingerprint density at radius 1 is 1.03 bits per heavy atom. The second kappa shape index (κ2) is 8.70. The first-order valence-electron chi connectivity index (χ1n) is 12.4. The number of nitrogens with zero attached hydrogens (tertiary/aromatic N) is 6. The number of piperazine rings is 1. The molecule has 174 valence electrons. The van der Waals surface area contributed by atoms with Crippen molar-refractivity contribution in [3.05, 3.63) is 59.2 Å². The molecule has 0 radical (unpaired) electrons. The molecule has 0 bridgehead atoms. The number of imidazole rings is 1. The molecule has 0 unspecified atom stereocenters. The molecular formula is C26H34N6O. The third kappa shape index (κ3) is 3.72. The molecule has 2 saturated heterocycles. The summed E-state index contributed by atoms with van der Waals surface area (Å²) in [5.74, 6) is 1.81. The van der Waals surface area contributed by atoms with Crippen LogP contribution in [0.1, 0.15) is 47.9 Å².